The van der Waals surface area contributed by atoms with Gasteiger partial charge in [0.25, 0.3) is 5.91 Å². The van der Waals surface area contributed by atoms with Crippen molar-refractivity contribution in [3.63, 3.8) is 0 Å². The first-order valence-electron chi connectivity index (χ1n) is 8.51. The average Bonchev–Trinajstić information content (AvgIpc) is 2.66. The lowest BCUT2D eigenvalue weighted by Crippen LogP contribution is -2.51. The number of hydrogen-bond acceptors (Lipinski definition) is 5. The molecule has 0 aliphatic carbocycles. The van der Waals surface area contributed by atoms with Crippen molar-refractivity contribution < 1.29 is 19.1 Å². The first-order valence-corrected chi connectivity index (χ1v) is 8.51. The first kappa shape index (κ1) is 19.2. The van der Waals surface area contributed by atoms with E-state index in [1.807, 2.05) is 0 Å². The number of amides is 2. The van der Waals surface area contributed by atoms with E-state index >= 15 is 0 Å². The highest BCUT2D eigenvalue weighted by Gasteiger charge is 2.39. The summed E-state index contributed by atoms with van der Waals surface area (Å²) in [5.41, 5.74) is 0.0846. The number of methoxy groups -OCH3 is 2. The van der Waals surface area contributed by atoms with Crippen molar-refractivity contribution in [3.8, 4) is 5.75 Å². The molecular formula is C18H27N3O4. The first-order chi connectivity index (χ1) is 12.1. The molecule has 0 atom stereocenters. The standard InChI is InChI=1S/C18H27N3O4/c1-24-13-18(7-9-19-10-8-18)17(23)21-12-11-20-16(22)14-3-5-15(25-2)6-4-14/h3-6,19H,7-13H2,1-2H3,(H,20,22)(H,21,23). The Morgan fingerprint density at radius 3 is 2.32 bits per heavy atom. The summed E-state index contributed by atoms with van der Waals surface area (Å²) in [5, 5.41) is 8.98. The number of carbonyl (C=O) groups is 2. The second-order valence-corrected chi connectivity index (χ2v) is 6.20. The van der Waals surface area contributed by atoms with E-state index in [4.69, 9.17) is 9.47 Å². The Labute approximate surface area is 148 Å². The number of hydrogen-bond donors (Lipinski definition) is 3. The summed E-state index contributed by atoms with van der Waals surface area (Å²) in [6, 6.07) is 6.88. The van der Waals surface area contributed by atoms with Gasteiger partial charge in [-0.05, 0) is 50.2 Å². The minimum absolute atomic E-state index is 0.00505. The molecule has 1 aromatic carbocycles. The van der Waals surface area contributed by atoms with Crippen molar-refractivity contribution in [1.29, 1.82) is 0 Å². The molecule has 1 aliphatic heterocycles. The zero-order valence-corrected chi connectivity index (χ0v) is 14.9. The van der Waals surface area contributed by atoms with Gasteiger partial charge in [-0.2, -0.15) is 0 Å². The van der Waals surface area contributed by atoms with Crippen LogP contribution in [0.4, 0.5) is 0 Å². The monoisotopic (exact) mass is 349 g/mol. The molecule has 0 radical (unpaired) electrons. The van der Waals surface area contributed by atoms with Crippen LogP contribution in [-0.2, 0) is 9.53 Å². The topological polar surface area (TPSA) is 88.7 Å². The normalized spacial score (nSPS) is 16.1. The molecule has 7 nitrogen and oxygen atoms in total. The van der Waals surface area contributed by atoms with E-state index in [1.165, 1.54) is 0 Å². The van der Waals surface area contributed by atoms with Crippen molar-refractivity contribution >= 4 is 11.8 Å². The zero-order valence-electron chi connectivity index (χ0n) is 14.9. The summed E-state index contributed by atoms with van der Waals surface area (Å²) in [6.07, 6.45) is 1.51. The molecule has 2 rings (SSSR count). The predicted octanol–water partition coefficient (Wildman–Crippen LogP) is 0.557. The van der Waals surface area contributed by atoms with Gasteiger partial charge in [-0.3, -0.25) is 9.59 Å². The van der Waals surface area contributed by atoms with Gasteiger partial charge in [-0.25, -0.2) is 0 Å². The van der Waals surface area contributed by atoms with Crippen molar-refractivity contribution in [3.05, 3.63) is 29.8 Å². The Morgan fingerprint density at radius 1 is 1.08 bits per heavy atom. The van der Waals surface area contributed by atoms with Gasteiger partial charge < -0.3 is 25.4 Å². The third kappa shape index (κ3) is 5.17. The molecule has 2 amide bonds. The van der Waals surface area contributed by atoms with E-state index < -0.39 is 5.41 Å². The fraction of sp³-hybridized carbons (Fsp3) is 0.556. The van der Waals surface area contributed by atoms with Gasteiger partial charge in [-0.15, -0.1) is 0 Å². The third-order valence-corrected chi connectivity index (χ3v) is 4.51. The molecule has 0 bridgehead atoms. The van der Waals surface area contributed by atoms with Crippen molar-refractivity contribution in [2.75, 3.05) is 47.0 Å². The van der Waals surface area contributed by atoms with Crippen LogP contribution in [0.1, 0.15) is 23.2 Å². The highest BCUT2D eigenvalue weighted by atomic mass is 16.5. The Kier molecular flexibility index (Phi) is 7.21. The lowest BCUT2D eigenvalue weighted by molar-refractivity contribution is -0.136. The lowest BCUT2D eigenvalue weighted by Gasteiger charge is -2.35. The van der Waals surface area contributed by atoms with Crippen molar-refractivity contribution in [1.82, 2.24) is 16.0 Å². The third-order valence-electron chi connectivity index (χ3n) is 4.51. The van der Waals surface area contributed by atoms with Gasteiger partial charge in [0, 0.05) is 25.8 Å². The minimum atomic E-state index is -0.472. The summed E-state index contributed by atoms with van der Waals surface area (Å²) >= 11 is 0. The van der Waals surface area contributed by atoms with E-state index in [0.29, 0.717) is 31.0 Å². The van der Waals surface area contributed by atoms with Gasteiger partial charge >= 0.3 is 0 Å². The summed E-state index contributed by atoms with van der Waals surface area (Å²) in [5.74, 6) is 0.522. The summed E-state index contributed by atoms with van der Waals surface area (Å²) in [7, 11) is 3.20. The number of carbonyl (C=O) groups excluding carboxylic acids is 2. The largest absolute Gasteiger partial charge is 0.497 e. The molecule has 25 heavy (non-hydrogen) atoms. The molecule has 1 heterocycles. The van der Waals surface area contributed by atoms with E-state index in [1.54, 1.807) is 38.5 Å². The fourth-order valence-electron chi connectivity index (χ4n) is 3.00. The molecule has 138 valence electrons. The molecule has 0 unspecified atom stereocenters. The van der Waals surface area contributed by atoms with Crippen LogP contribution in [-0.4, -0.2) is 58.8 Å². The lowest BCUT2D eigenvalue weighted by atomic mass is 9.78. The van der Waals surface area contributed by atoms with E-state index in [-0.39, 0.29) is 11.8 Å². The van der Waals surface area contributed by atoms with Crippen molar-refractivity contribution in [2.24, 2.45) is 5.41 Å². The molecular weight excluding hydrogens is 322 g/mol. The van der Waals surface area contributed by atoms with Crippen LogP contribution < -0.4 is 20.7 Å². The molecule has 3 N–H and O–H groups in total. The second kappa shape index (κ2) is 9.39. The molecule has 1 aliphatic rings. The number of ether oxygens (including phenoxy) is 2. The minimum Gasteiger partial charge on any atom is -0.497 e. The molecule has 7 heteroatoms. The molecule has 1 saturated heterocycles. The van der Waals surface area contributed by atoms with Gasteiger partial charge in [0.2, 0.25) is 5.91 Å². The molecule has 0 aromatic heterocycles. The van der Waals surface area contributed by atoms with Crippen LogP contribution in [0.2, 0.25) is 0 Å². The second-order valence-electron chi connectivity index (χ2n) is 6.20. The van der Waals surface area contributed by atoms with Crippen LogP contribution in [0.25, 0.3) is 0 Å². The van der Waals surface area contributed by atoms with Crippen LogP contribution >= 0.6 is 0 Å². The molecule has 1 aromatic rings. The highest BCUT2D eigenvalue weighted by molar-refractivity contribution is 5.94. The van der Waals surface area contributed by atoms with Crippen LogP contribution in [0.3, 0.4) is 0 Å². The maximum Gasteiger partial charge on any atom is 0.251 e. The van der Waals surface area contributed by atoms with Gasteiger partial charge in [0.05, 0.1) is 19.1 Å². The fourth-order valence-corrected chi connectivity index (χ4v) is 3.00. The molecule has 0 spiro atoms. The van der Waals surface area contributed by atoms with E-state index in [9.17, 15) is 9.59 Å². The maximum atomic E-state index is 12.5. The van der Waals surface area contributed by atoms with E-state index in [0.717, 1.165) is 25.9 Å². The summed E-state index contributed by atoms with van der Waals surface area (Å²) in [6.45, 7) is 2.80. The van der Waals surface area contributed by atoms with Crippen molar-refractivity contribution in [2.45, 2.75) is 12.8 Å². The van der Waals surface area contributed by atoms with Gasteiger partial charge in [0.15, 0.2) is 0 Å². The highest BCUT2D eigenvalue weighted by Crippen LogP contribution is 2.29. The molecule has 1 fully saturated rings. The van der Waals surface area contributed by atoms with Gasteiger partial charge in [-0.1, -0.05) is 0 Å². The Bertz CT molecular complexity index is 563. The Morgan fingerprint density at radius 2 is 1.72 bits per heavy atom. The van der Waals surface area contributed by atoms with Crippen LogP contribution in [0, 0.1) is 5.41 Å². The smallest absolute Gasteiger partial charge is 0.251 e. The predicted molar refractivity (Wildman–Crippen MR) is 94.7 cm³/mol. The summed E-state index contributed by atoms with van der Waals surface area (Å²) in [4.78, 5) is 24.6. The Hall–Kier alpha value is -2.12. The number of nitrogens with one attached hydrogen (secondary N) is 3. The van der Waals surface area contributed by atoms with E-state index in [2.05, 4.69) is 16.0 Å². The molecule has 0 saturated carbocycles. The van der Waals surface area contributed by atoms with Crippen LogP contribution in [0.15, 0.2) is 24.3 Å². The Balaban J connectivity index is 1.77. The average molecular weight is 349 g/mol. The van der Waals surface area contributed by atoms with Crippen LogP contribution in [0.5, 0.6) is 5.75 Å². The summed E-state index contributed by atoms with van der Waals surface area (Å²) < 4.78 is 10.3. The number of rotatable bonds is 8. The quantitative estimate of drug-likeness (QED) is 0.597. The number of piperidine rings is 1. The SMILES string of the molecule is COCC1(C(=O)NCCNC(=O)c2ccc(OC)cc2)CCNCC1. The van der Waals surface area contributed by atoms with Gasteiger partial charge in [0.1, 0.15) is 5.75 Å². The maximum absolute atomic E-state index is 12.5. The number of benzene rings is 1. The zero-order chi connectivity index (χ0) is 18.1.